The maximum atomic E-state index is 13.3. The van der Waals surface area contributed by atoms with E-state index >= 15 is 0 Å². The predicted molar refractivity (Wildman–Crippen MR) is 139 cm³/mol. The van der Waals surface area contributed by atoms with E-state index in [2.05, 4.69) is 12.2 Å². The van der Waals surface area contributed by atoms with E-state index in [1.165, 1.54) is 17.0 Å². The number of benzene rings is 4. The summed E-state index contributed by atoms with van der Waals surface area (Å²) < 4.78 is 19.4. The predicted octanol–water partition coefficient (Wildman–Crippen LogP) is 8.23. The molecule has 172 valence electrons. The number of hydrogen-bond acceptors (Lipinski definition) is 3. The second-order valence-electron chi connectivity index (χ2n) is 7.58. The highest BCUT2D eigenvalue weighted by atomic mass is 35.5. The number of ether oxygens (including phenoxy) is 1. The van der Waals surface area contributed by atoms with Crippen LogP contribution in [-0.4, -0.2) is 11.7 Å². The third-order valence-electron chi connectivity index (χ3n) is 5.06. The van der Waals surface area contributed by atoms with Gasteiger partial charge in [0.2, 0.25) is 5.91 Å². The molecule has 0 saturated carbocycles. The highest BCUT2D eigenvalue weighted by molar-refractivity contribution is 7.99. The molecule has 0 atom stereocenters. The third kappa shape index (κ3) is 6.40. The summed E-state index contributed by atoms with van der Waals surface area (Å²) in [6.45, 7) is 2.11. The van der Waals surface area contributed by atoms with Crippen LogP contribution < -0.4 is 10.1 Å². The minimum absolute atomic E-state index is 0.122. The number of thioether (sulfide) groups is 1. The molecule has 4 rings (SSSR count). The Morgan fingerprint density at radius 3 is 2.32 bits per heavy atom. The summed E-state index contributed by atoms with van der Waals surface area (Å²) in [6.07, 6.45) is 0.268. The first-order chi connectivity index (χ1) is 16.5. The molecule has 1 amide bonds. The molecule has 0 bridgehead atoms. The summed E-state index contributed by atoms with van der Waals surface area (Å²) in [5, 5.41) is 3.58. The topological polar surface area (TPSA) is 38.3 Å². The number of carbonyl (C=O) groups excluding carboxylic acids is 1. The lowest BCUT2D eigenvalue weighted by molar-refractivity contribution is -0.115. The van der Waals surface area contributed by atoms with E-state index in [1.54, 1.807) is 42.1 Å². The molecule has 0 heterocycles. The highest BCUT2D eigenvalue weighted by Gasteiger charge is 2.12. The highest BCUT2D eigenvalue weighted by Crippen LogP contribution is 2.36. The Labute approximate surface area is 207 Å². The number of anilines is 1. The minimum atomic E-state index is -0.340. The van der Waals surface area contributed by atoms with Crippen molar-refractivity contribution in [1.82, 2.24) is 0 Å². The fourth-order valence-corrected chi connectivity index (χ4v) is 4.23. The lowest BCUT2D eigenvalue weighted by atomic mass is 10.0. The second-order valence-corrected chi connectivity index (χ2v) is 9.35. The summed E-state index contributed by atoms with van der Waals surface area (Å²) in [5.74, 6) is 1.57. The van der Waals surface area contributed by atoms with Crippen molar-refractivity contribution < 1.29 is 13.9 Å². The van der Waals surface area contributed by atoms with Crippen LogP contribution >= 0.6 is 23.4 Å². The number of nitrogens with one attached hydrogen (secondary N) is 1. The summed E-state index contributed by atoms with van der Waals surface area (Å²) in [5.41, 5.74) is 3.28. The molecule has 0 spiro atoms. The van der Waals surface area contributed by atoms with Crippen LogP contribution in [-0.2, 0) is 11.2 Å². The van der Waals surface area contributed by atoms with Crippen LogP contribution in [0.3, 0.4) is 0 Å². The van der Waals surface area contributed by atoms with E-state index in [9.17, 15) is 9.18 Å². The fourth-order valence-electron chi connectivity index (χ4n) is 3.44. The van der Waals surface area contributed by atoms with Crippen molar-refractivity contribution in [3.63, 3.8) is 0 Å². The van der Waals surface area contributed by atoms with E-state index in [4.69, 9.17) is 16.3 Å². The molecule has 4 aromatic rings. The molecule has 0 radical (unpaired) electrons. The quantitative estimate of drug-likeness (QED) is 0.252. The van der Waals surface area contributed by atoms with Gasteiger partial charge in [0.25, 0.3) is 0 Å². The van der Waals surface area contributed by atoms with Crippen molar-refractivity contribution in [2.75, 3.05) is 11.1 Å². The lowest BCUT2D eigenvalue weighted by Gasteiger charge is -2.14. The van der Waals surface area contributed by atoms with Gasteiger partial charge in [-0.15, -0.1) is 11.8 Å². The maximum Gasteiger partial charge on any atom is 0.228 e. The van der Waals surface area contributed by atoms with Gasteiger partial charge in [-0.05, 0) is 77.5 Å². The van der Waals surface area contributed by atoms with Gasteiger partial charge in [0.15, 0.2) is 0 Å². The number of carbonyl (C=O) groups is 1. The first-order valence-electron chi connectivity index (χ1n) is 10.8. The first-order valence-corrected chi connectivity index (χ1v) is 12.2. The molecule has 0 aliphatic carbocycles. The molecule has 1 N–H and O–H groups in total. The fraction of sp³-hybridized carbons (Fsp3) is 0.107. The van der Waals surface area contributed by atoms with Crippen molar-refractivity contribution in [2.45, 2.75) is 18.2 Å². The summed E-state index contributed by atoms with van der Waals surface area (Å²) in [6, 6.07) is 26.7. The minimum Gasteiger partial charge on any atom is -0.457 e. The SMILES string of the molecule is CCSc1ccc(CC(=O)Nc2ccc(-c3ccc(Cl)cc3)c(Oc3ccc(F)cc3)c2)cc1. The van der Waals surface area contributed by atoms with Crippen molar-refractivity contribution in [1.29, 1.82) is 0 Å². The van der Waals surface area contributed by atoms with Crippen LogP contribution in [0.5, 0.6) is 11.5 Å². The Kier molecular flexibility index (Phi) is 7.88. The van der Waals surface area contributed by atoms with E-state index < -0.39 is 0 Å². The smallest absolute Gasteiger partial charge is 0.228 e. The van der Waals surface area contributed by atoms with Crippen molar-refractivity contribution >= 4 is 35.0 Å². The molecular weight excluding hydrogens is 469 g/mol. The zero-order valence-corrected chi connectivity index (χ0v) is 20.1. The number of halogens is 2. The van der Waals surface area contributed by atoms with Crippen LogP contribution in [0.1, 0.15) is 12.5 Å². The Bertz CT molecular complexity index is 1260. The first kappa shape index (κ1) is 23.9. The largest absolute Gasteiger partial charge is 0.457 e. The standard InChI is InChI=1S/C28H23ClFNO2S/c1-2-34-25-14-3-19(4-15-25)17-28(32)31-23-11-16-26(20-5-7-21(29)8-6-20)27(18-23)33-24-12-9-22(30)10-13-24/h3-16,18H,2,17H2,1H3,(H,31,32). The van der Waals surface area contributed by atoms with Gasteiger partial charge in [0.1, 0.15) is 17.3 Å². The number of hydrogen-bond donors (Lipinski definition) is 1. The Morgan fingerprint density at radius 1 is 0.941 bits per heavy atom. The van der Waals surface area contributed by atoms with E-state index in [0.717, 1.165) is 22.4 Å². The molecule has 0 unspecified atom stereocenters. The molecule has 0 aromatic heterocycles. The van der Waals surface area contributed by atoms with Gasteiger partial charge >= 0.3 is 0 Å². The Morgan fingerprint density at radius 2 is 1.65 bits per heavy atom. The van der Waals surface area contributed by atoms with Gasteiger partial charge in [0.05, 0.1) is 6.42 Å². The van der Waals surface area contributed by atoms with Crippen LogP contribution in [0.2, 0.25) is 5.02 Å². The molecule has 0 fully saturated rings. The molecular formula is C28H23ClFNO2S. The monoisotopic (exact) mass is 491 g/mol. The van der Waals surface area contributed by atoms with Gasteiger partial charge in [-0.3, -0.25) is 4.79 Å². The number of rotatable bonds is 8. The maximum absolute atomic E-state index is 13.3. The van der Waals surface area contributed by atoms with E-state index in [-0.39, 0.29) is 18.1 Å². The van der Waals surface area contributed by atoms with Crippen molar-refractivity contribution in [2.24, 2.45) is 0 Å². The zero-order chi connectivity index (χ0) is 23.9. The van der Waals surface area contributed by atoms with Gasteiger partial charge in [-0.1, -0.05) is 42.8 Å². The van der Waals surface area contributed by atoms with Gasteiger partial charge in [-0.2, -0.15) is 0 Å². The summed E-state index contributed by atoms with van der Waals surface area (Å²) >= 11 is 7.81. The lowest BCUT2D eigenvalue weighted by Crippen LogP contribution is -2.14. The Balaban J connectivity index is 1.55. The normalized spacial score (nSPS) is 10.7. The van der Waals surface area contributed by atoms with Crippen LogP contribution in [0.25, 0.3) is 11.1 Å². The van der Waals surface area contributed by atoms with Crippen LogP contribution in [0, 0.1) is 5.82 Å². The Hall–Kier alpha value is -3.28. The molecule has 0 aliphatic rings. The molecule has 0 aliphatic heterocycles. The average Bonchev–Trinajstić information content (AvgIpc) is 2.83. The molecule has 0 saturated heterocycles. The summed E-state index contributed by atoms with van der Waals surface area (Å²) in [7, 11) is 0. The van der Waals surface area contributed by atoms with Crippen molar-refractivity contribution in [3.05, 3.63) is 107 Å². The molecule has 6 heteroatoms. The van der Waals surface area contributed by atoms with Gasteiger partial charge in [-0.25, -0.2) is 4.39 Å². The molecule has 34 heavy (non-hydrogen) atoms. The van der Waals surface area contributed by atoms with E-state index in [0.29, 0.717) is 22.2 Å². The summed E-state index contributed by atoms with van der Waals surface area (Å²) in [4.78, 5) is 13.9. The molecule has 4 aromatic carbocycles. The van der Waals surface area contributed by atoms with Crippen molar-refractivity contribution in [3.8, 4) is 22.6 Å². The van der Waals surface area contributed by atoms with Crippen LogP contribution in [0.4, 0.5) is 10.1 Å². The van der Waals surface area contributed by atoms with E-state index in [1.807, 2.05) is 48.5 Å². The third-order valence-corrected chi connectivity index (χ3v) is 6.21. The van der Waals surface area contributed by atoms with Crippen LogP contribution in [0.15, 0.2) is 95.9 Å². The van der Waals surface area contributed by atoms with Gasteiger partial charge < -0.3 is 10.1 Å². The average molecular weight is 492 g/mol. The van der Waals surface area contributed by atoms with Gasteiger partial charge in [0, 0.05) is 27.2 Å². The second kappa shape index (κ2) is 11.2. The molecule has 3 nitrogen and oxygen atoms in total. The number of amides is 1. The zero-order valence-electron chi connectivity index (χ0n) is 18.6.